The van der Waals surface area contributed by atoms with Crippen molar-refractivity contribution < 1.29 is 4.79 Å². The van der Waals surface area contributed by atoms with Crippen LogP contribution >= 0.6 is 0 Å². The van der Waals surface area contributed by atoms with Gasteiger partial charge in [-0.25, -0.2) is 0 Å². The van der Waals surface area contributed by atoms with Crippen molar-refractivity contribution in [3.63, 3.8) is 0 Å². The van der Waals surface area contributed by atoms with Gasteiger partial charge in [-0.2, -0.15) is 0 Å². The van der Waals surface area contributed by atoms with Gasteiger partial charge in [0.1, 0.15) is 5.54 Å². The Hall–Kier alpha value is -1.06. The number of guanidine groups is 1. The molecule has 96 valence electrons. The Morgan fingerprint density at radius 3 is 2.94 bits per heavy atom. The molecule has 0 radical (unpaired) electrons. The molecule has 1 aliphatic carbocycles. The van der Waals surface area contributed by atoms with Crippen molar-refractivity contribution in [3.8, 4) is 0 Å². The second kappa shape index (κ2) is 4.67. The Kier molecular flexibility index (Phi) is 3.40. The summed E-state index contributed by atoms with van der Waals surface area (Å²) in [6.45, 7) is 7.27. The predicted molar refractivity (Wildman–Crippen MR) is 68.8 cm³/mol. The zero-order chi connectivity index (χ0) is 12.5. The molecule has 1 aliphatic heterocycles. The normalized spacial score (nSPS) is 39.5. The number of hydrogen-bond acceptors (Lipinski definition) is 2. The summed E-state index contributed by atoms with van der Waals surface area (Å²) >= 11 is 0. The molecule has 4 heteroatoms. The van der Waals surface area contributed by atoms with Crippen LogP contribution in [0.5, 0.6) is 0 Å². The van der Waals surface area contributed by atoms with Gasteiger partial charge in [0.25, 0.3) is 5.91 Å². The molecule has 17 heavy (non-hydrogen) atoms. The van der Waals surface area contributed by atoms with E-state index in [1.54, 1.807) is 0 Å². The fraction of sp³-hybridized carbons (Fsp3) is 0.846. The third-order valence-electron chi connectivity index (χ3n) is 4.33. The van der Waals surface area contributed by atoms with Gasteiger partial charge in [-0.3, -0.25) is 15.1 Å². The van der Waals surface area contributed by atoms with Crippen LogP contribution in [0.4, 0.5) is 0 Å². The Morgan fingerprint density at radius 2 is 2.24 bits per heavy atom. The van der Waals surface area contributed by atoms with E-state index >= 15 is 0 Å². The van der Waals surface area contributed by atoms with Gasteiger partial charge in [-0.1, -0.05) is 33.6 Å². The summed E-state index contributed by atoms with van der Waals surface area (Å²) < 4.78 is 0. The van der Waals surface area contributed by atoms with Crippen LogP contribution in [-0.4, -0.2) is 24.0 Å². The van der Waals surface area contributed by atoms with Crippen LogP contribution in [0.15, 0.2) is 4.99 Å². The average Bonchev–Trinajstić information content (AvgIpc) is 2.61. The molecule has 3 atom stereocenters. The van der Waals surface area contributed by atoms with Crippen LogP contribution in [0.1, 0.15) is 46.5 Å². The summed E-state index contributed by atoms with van der Waals surface area (Å²) in [6, 6.07) is 0. The first-order valence-corrected chi connectivity index (χ1v) is 6.74. The van der Waals surface area contributed by atoms with Crippen LogP contribution in [0.2, 0.25) is 0 Å². The second-order valence-corrected chi connectivity index (χ2v) is 5.44. The van der Waals surface area contributed by atoms with Crippen LogP contribution in [0.25, 0.3) is 0 Å². The lowest BCUT2D eigenvalue weighted by Gasteiger charge is -2.40. The van der Waals surface area contributed by atoms with Crippen molar-refractivity contribution in [2.75, 3.05) is 6.54 Å². The van der Waals surface area contributed by atoms with E-state index in [-0.39, 0.29) is 5.91 Å². The first kappa shape index (κ1) is 12.4. The van der Waals surface area contributed by atoms with Crippen molar-refractivity contribution in [1.29, 1.82) is 0 Å². The highest BCUT2D eigenvalue weighted by Crippen LogP contribution is 2.39. The van der Waals surface area contributed by atoms with Crippen molar-refractivity contribution in [1.82, 2.24) is 10.6 Å². The zero-order valence-electron chi connectivity index (χ0n) is 11.0. The fourth-order valence-corrected chi connectivity index (χ4v) is 2.98. The minimum atomic E-state index is -0.399. The first-order chi connectivity index (χ1) is 8.10. The van der Waals surface area contributed by atoms with Gasteiger partial charge in [0.15, 0.2) is 5.96 Å². The summed E-state index contributed by atoms with van der Waals surface area (Å²) in [5.74, 6) is 1.75. The molecule has 1 saturated heterocycles. The zero-order valence-corrected chi connectivity index (χ0v) is 11.0. The summed E-state index contributed by atoms with van der Waals surface area (Å²) in [5, 5.41) is 6.26. The number of amides is 1. The highest BCUT2D eigenvalue weighted by atomic mass is 16.2. The van der Waals surface area contributed by atoms with Gasteiger partial charge in [0.05, 0.1) is 0 Å². The number of nitrogens with one attached hydrogen (secondary N) is 2. The Balaban J connectivity index is 2.18. The summed E-state index contributed by atoms with van der Waals surface area (Å²) in [4.78, 5) is 16.6. The molecule has 2 fully saturated rings. The maximum atomic E-state index is 12.2. The largest absolute Gasteiger partial charge is 0.341 e. The Morgan fingerprint density at radius 1 is 1.47 bits per heavy atom. The Bertz CT molecular complexity index is 340. The van der Waals surface area contributed by atoms with Crippen molar-refractivity contribution >= 4 is 11.9 Å². The highest BCUT2D eigenvalue weighted by Gasteiger charge is 2.51. The number of nitrogens with zero attached hydrogens (tertiary/aromatic N) is 1. The number of carbonyl (C=O) groups excluding carboxylic acids is 1. The molecule has 0 aromatic heterocycles. The molecule has 1 spiro atoms. The maximum absolute atomic E-state index is 12.2. The summed E-state index contributed by atoms with van der Waals surface area (Å²) in [5.41, 5.74) is -0.399. The third-order valence-corrected chi connectivity index (χ3v) is 4.33. The fourth-order valence-electron chi connectivity index (χ4n) is 2.98. The lowest BCUT2D eigenvalue weighted by molar-refractivity contribution is -0.127. The quantitative estimate of drug-likeness (QED) is 0.767. The van der Waals surface area contributed by atoms with Gasteiger partial charge < -0.3 is 5.32 Å². The molecule has 2 aliphatic rings. The lowest BCUT2D eigenvalue weighted by Crippen LogP contribution is -2.56. The molecule has 0 aromatic rings. The van der Waals surface area contributed by atoms with Gasteiger partial charge >= 0.3 is 0 Å². The van der Waals surface area contributed by atoms with Gasteiger partial charge in [0.2, 0.25) is 0 Å². The molecule has 1 amide bonds. The standard InChI is InChI=1S/C13H23N3O/c1-4-8-14-12-15-11(17)13(16-12)7-5-6-9(2)10(13)3/h9-10H,4-8H2,1-3H3,(H2,14,15,16,17). The molecular weight excluding hydrogens is 214 g/mol. The summed E-state index contributed by atoms with van der Waals surface area (Å²) in [7, 11) is 0. The van der Waals surface area contributed by atoms with Crippen LogP contribution in [0.3, 0.4) is 0 Å². The van der Waals surface area contributed by atoms with Gasteiger partial charge in [0, 0.05) is 6.54 Å². The Labute approximate surface area is 103 Å². The lowest BCUT2D eigenvalue weighted by atomic mass is 9.68. The highest BCUT2D eigenvalue weighted by molar-refractivity contribution is 6.09. The maximum Gasteiger partial charge on any atom is 0.252 e. The molecule has 0 bridgehead atoms. The van der Waals surface area contributed by atoms with Gasteiger partial charge in [-0.15, -0.1) is 0 Å². The minimum absolute atomic E-state index is 0.117. The van der Waals surface area contributed by atoms with Crippen molar-refractivity contribution in [2.24, 2.45) is 16.8 Å². The van der Waals surface area contributed by atoms with E-state index in [0.29, 0.717) is 17.8 Å². The van der Waals surface area contributed by atoms with E-state index < -0.39 is 5.54 Å². The van der Waals surface area contributed by atoms with E-state index in [4.69, 9.17) is 0 Å². The molecule has 1 heterocycles. The number of aliphatic imine (C=N–C) groups is 1. The van der Waals surface area contributed by atoms with Gasteiger partial charge in [-0.05, 0) is 24.7 Å². The minimum Gasteiger partial charge on any atom is -0.341 e. The molecule has 2 N–H and O–H groups in total. The molecule has 3 unspecified atom stereocenters. The van der Waals surface area contributed by atoms with Crippen molar-refractivity contribution in [2.45, 2.75) is 52.0 Å². The number of carbonyl (C=O) groups is 1. The first-order valence-electron chi connectivity index (χ1n) is 6.74. The molecule has 4 nitrogen and oxygen atoms in total. The second-order valence-electron chi connectivity index (χ2n) is 5.44. The van der Waals surface area contributed by atoms with Crippen LogP contribution in [-0.2, 0) is 4.79 Å². The predicted octanol–water partition coefficient (Wildman–Crippen LogP) is 1.67. The monoisotopic (exact) mass is 237 g/mol. The molecule has 2 rings (SSSR count). The number of hydrogen-bond donors (Lipinski definition) is 2. The van der Waals surface area contributed by atoms with E-state index in [1.165, 1.54) is 6.42 Å². The molecular formula is C13H23N3O. The summed E-state index contributed by atoms with van der Waals surface area (Å²) in [6.07, 6.45) is 4.27. The van der Waals surface area contributed by atoms with E-state index in [1.807, 2.05) is 0 Å². The average molecular weight is 237 g/mol. The van der Waals surface area contributed by atoms with Crippen molar-refractivity contribution in [3.05, 3.63) is 0 Å². The topological polar surface area (TPSA) is 53.5 Å². The van der Waals surface area contributed by atoms with E-state index in [2.05, 4.69) is 36.4 Å². The number of rotatable bonds is 2. The smallest absolute Gasteiger partial charge is 0.252 e. The SMILES string of the molecule is CCCN=C1NC(=O)C2(CCCC(C)C2C)N1. The van der Waals surface area contributed by atoms with E-state index in [0.717, 1.165) is 25.8 Å². The molecule has 0 aromatic carbocycles. The van der Waals surface area contributed by atoms with Crippen LogP contribution < -0.4 is 10.6 Å². The molecule has 1 saturated carbocycles. The third kappa shape index (κ3) is 2.05. The van der Waals surface area contributed by atoms with Crippen LogP contribution in [0, 0.1) is 11.8 Å². The van der Waals surface area contributed by atoms with E-state index in [9.17, 15) is 4.79 Å².